The SMILES string of the molecule is Cc1nc(NCCCc2cccc(O)c2)nc(C)c1C(=O)N[C@@H](CNC(=O)C1CC2CC3CC(C2)C(C3)C1)C(=O)O. The number of carboxylic acid groups (broad SMARTS) is 1. The number of nitrogens with one attached hydrogen (secondary N) is 3. The van der Waals surface area contributed by atoms with Gasteiger partial charge >= 0.3 is 5.97 Å². The van der Waals surface area contributed by atoms with Gasteiger partial charge in [0.1, 0.15) is 11.8 Å². The van der Waals surface area contributed by atoms with Crippen LogP contribution in [-0.4, -0.2) is 57.1 Å². The minimum atomic E-state index is -1.27. The summed E-state index contributed by atoms with van der Waals surface area (Å²) in [6.45, 7) is 3.80. The van der Waals surface area contributed by atoms with Crippen LogP contribution in [-0.2, 0) is 16.0 Å². The van der Waals surface area contributed by atoms with Crippen molar-refractivity contribution < 1.29 is 24.6 Å². The normalized spacial score (nSPS) is 25.3. The molecule has 0 saturated heterocycles. The third-order valence-corrected chi connectivity index (χ3v) is 9.24. The van der Waals surface area contributed by atoms with E-state index in [9.17, 15) is 24.6 Å². The van der Waals surface area contributed by atoms with Crippen LogP contribution in [0, 0.1) is 43.4 Å². The molecule has 220 valence electrons. The second-order valence-corrected chi connectivity index (χ2v) is 12.3. The molecule has 10 nitrogen and oxygen atoms in total. The zero-order chi connectivity index (χ0) is 29.1. The Bertz CT molecular complexity index is 1270. The number of aromatic hydroxyl groups is 1. The van der Waals surface area contributed by atoms with Gasteiger partial charge in [-0.25, -0.2) is 14.8 Å². The number of rotatable bonds is 11. The quantitative estimate of drug-likeness (QED) is 0.260. The van der Waals surface area contributed by atoms with Gasteiger partial charge < -0.3 is 26.2 Å². The highest BCUT2D eigenvalue weighted by Gasteiger charge is 2.46. The van der Waals surface area contributed by atoms with E-state index in [0.29, 0.717) is 35.7 Å². The van der Waals surface area contributed by atoms with Crippen LogP contribution in [0.1, 0.15) is 72.3 Å². The van der Waals surface area contributed by atoms with Crippen molar-refractivity contribution in [2.24, 2.45) is 29.6 Å². The van der Waals surface area contributed by atoms with Crippen molar-refractivity contribution in [2.75, 3.05) is 18.4 Å². The van der Waals surface area contributed by atoms with Crippen molar-refractivity contribution >= 4 is 23.7 Å². The summed E-state index contributed by atoms with van der Waals surface area (Å²) >= 11 is 0. The molecule has 10 heteroatoms. The van der Waals surface area contributed by atoms with Crippen molar-refractivity contribution in [2.45, 2.75) is 71.3 Å². The van der Waals surface area contributed by atoms with Gasteiger partial charge in [-0.2, -0.15) is 0 Å². The summed E-state index contributed by atoms with van der Waals surface area (Å²) in [6.07, 6.45) is 8.32. The Labute approximate surface area is 240 Å². The molecule has 5 rings (SSSR count). The van der Waals surface area contributed by atoms with Gasteiger partial charge in [0.15, 0.2) is 0 Å². The van der Waals surface area contributed by atoms with Crippen LogP contribution < -0.4 is 16.0 Å². The summed E-state index contributed by atoms with van der Waals surface area (Å²) < 4.78 is 0. The summed E-state index contributed by atoms with van der Waals surface area (Å²) in [6, 6.07) is 5.87. The lowest BCUT2D eigenvalue weighted by molar-refractivity contribution is -0.139. The smallest absolute Gasteiger partial charge is 0.328 e. The van der Waals surface area contributed by atoms with Crippen LogP contribution in [0.5, 0.6) is 5.75 Å². The Kier molecular flexibility index (Phi) is 8.75. The monoisotopic (exact) mass is 563 g/mol. The predicted molar refractivity (Wildman–Crippen MR) is 153 cm³/mol. The molecule has 2 amide bonds. The van der Waals surface area contributed by atoms with Crippen LogP contribution in [0.3, 0.4) is 0 Å². The molecular formula is C31H41N5O5. The number of aryl methyl sites for hydroxylation is 3. The molecule has 3 aliphatic rings. The van der Waals surface area contributed by atoms with E-state index < -0.39 is 17.9 Å². The number of phenolic OH excluding ortho intramolecular Hbond substituents is 1. The standard InChI is InChI=1S/C31H41N5O5/c1-17-27(18(2)35-31(34-17)32-8-4-6-19-5-3-7-25(37)14-19)29(39)36-26(30(40)41)16-33-28(38)24-13-21-9-20-10-22(11-21)23(12-20)15-24/h3,5,7,14,20-24,26,37H,4,6,8-13,15-16H2,1-2H3,(H,33,38)(H,36,39)(H,40,41)(H,32,34,35)/t20?,21?,22?,23?,24?,26-/m0/s1. The molecule has 41 heavy (non-hydrogen) atoms. The first-order valence-corrected chi connectivity index (χ1v) is 14.8. The fourth-order valence-corrected chi connectivity index (χ4v) is 7.48. The first kappa shape index (κ1) is 28.8. The van der Waals surface area contributed by atoms with Gasteiger partial charge in [0.2, 0.25) is 11.9 Å². The Morgan fingerprint density at radius 2 is 1.66 bits per heavy atom. The third-order valence-electron chi connectivity index (χ3n) is 9.24. The first-order chi connectivity index (χ1) is 19.7. The number of carboxylic acids is 1. The maximum Gasteiger partial charge on any atom is 0.328 e. The highest BCUT2D eigenvalue weighted by Crippen LogP contribution is 2.54. The molecule has 2 aromatic rings. The van der Waals surface area contributed by atoms with Crippen LogP contribution >= 0.6 is 0 Å². The fraction of sp³-hybridized carbons (Fsp3) is 0.581. The van der Waals surface area contributed by atoms with E-state index in [1.165, 1.54) is 25.7 Å². The number of hydrogen-bond donors (Lipinski definition) is 5. The third kappa shape index (κ3) is 6.97. The minimum Gasteiger partial charge on any atom is -0.508 e. The van der Waals surface area contributed by atoms with Crippen LogP contribution in [0.4, 0.5) is 5.95 Å². The van der Waals surface area contributed by atoms with E-state index in [1.54, 1.807) is 26.0 Å². The van der Waals surface area contributed by atoms with E-state index >= 15 is 0 Å². The summed E-state index contributed by atoms with van der Waals surface area (Å²) in [7, 11) is 0. The molecule has 1 aromatic carbocycles. The van der Waals surface area contributed by atoms with Gasteiger partial charge in [0.05, 0.1) is 17.0 Å². The lowest BCUT2D eigenvalue weighted by atomic mass is 9.78. The Balaban J connectivity index is 1.13. The van der Waals surface area contributed by atoms with Crippen LogP contribution in [0.15, 0.2) is 24.3 Å². The van der Waals surface area contributed by atoms with Gasteiger partial charge in [0.25, 0.3) is 5.91 Å². The predicted octanol–water partition coefficient (Wildman–Crippen LogP) is 3.61. The lowest BCUT2D eigenvalue weighted by Gasteiger charge is -2.28. The fourth-order valence-electron chi connectivity index (χ4n) is 7.48. The molecule has 3 bridgehead atoms. The largest absolute Gasteiger partial charge is 0.508 e. The highest BCUT2D eigenvalue weighted by atomic mass is 16.4. The minimum absolute atomic E-state index is 0.0861. The number of aromatic nitrogens is 2. The molecule has 3 aliphatic carbocycles. The van der Waals surface area contributed by atoms with Crippen molar-refractivity contribution in [1.82, 2.24) is 20.6 Å². The van der Waals surface area contributed by atoms with Crippen molar-refractivity contribution in [3.05, 3.63) is 46.8 Å². The Morgan fingerprint density at radius 1 is 0.976 bits per heavy atom. The second-order valence-electron chi connectivity index (χ2n) is 12.3. The van der Waals surface area contributed by atoms with Crippen molar-refractivity contribution in [3.63, 3.8) is 0 Å². The second kappa shape index (κ2) is 12.4. The number of carbonyl (C=O) groups excluding carboxylic acids is 2. The van der Waals surface area contributed by atoms with Gasteiger partial charge in [-0.05, 0) is 107 Å². The van der Waals surface area contributed by atoms with Crippen molar-refractivity contribution in [1.29, 1.82) is 0 Å². The van der Waals surface area contributed by atoms with E-state index in [-0.39, 0.29) is 29.7 Å². The number of hydrogen-bond acceptors (Lipinski definition) is 7. The molecular weight excluding hydrogens is 522 g/mol. The van der Waals surface area contributed by atoms with Gasteiger partial charge in [-0.1, -0.05) is 12.1 Å². The van der Waals surface area contributed by atoms with Crippen LogP contribution in [0.2, 0.25) is 0 Å². The average Bonchev–Trinajstić information content (AvgIpc) is 3.12. The number of amides is 2. The molecule has 1 aromatic heterocycles. The van der Waals surface area contributed by atoms with E-state index in [1.807, 2.05) is 12.1 Å². The molecule has 0 spiro atoms. The van der Waals surface area contributed by atoms with Gasteiger partial charge in [-0.15, -0.1) is 0 Å². The molecule has 3 saturated carbocycles. The molecule has 6 atom stereocenters. The number of nitrogens with zero attached hydrogens (tertiary/aromatic N) is 2. The maximum atomic E-state index is 13.1. The summed E-state index contributed by atoms with van der Waals surface area (Å²) in [5.41, 5.74) is 2.12. The topological polar surface area (TPSA) is 154 Å². The summed E-state index contributed by atoms with van der Waals surface area (Å²) in [4.78, 5) is 47.0. The van der Waals surface area contributed by atoms with Crippen LogP contribution in [0.25, 0.3) is 0 Å². The number of benzene rings is 1. The Hall–Kier alpha value is -3.69. The van der Waals surface area contributed by atoms with E-state index in [2.05, 4.69) is 25.9 Å². The maximum absolute atomic E-state index is 13.1. The molecule has 1 heterocycles. The number of anilines is 1. The average molecular weight is 564 g/mol. The lowest BCUT2D eigenvalue weighted by Crippen LogP contribution is -2.49. The van der Waals surface area contributed by atoms with E-state index in [4.69, 9.17) is 0 Å². The van der Waals surface area contributed by atoms with Gasteiger partial charge in [-0.3, -0.25) is 9.59 Å². The highest BCUT2D eigenvalue weighted by molar-refractivity contribution is 5.98. The first-order valence-electron chi connectivity index (χ1n) is 14.8. The molecule has 0 aliphatic heterocycles. The Morgan fingerprint density at radius 3 is 2.34 bits per heavy atom. The number of fused-ring (bicyclic) bond motifs is 2. The molecule has 5 unspecified atom stereocenters. The summed E-state index contributed by atoms with van der Waals surface area (Å²) in [5, 5.41) is 27.9. The molecule has 3 fully saturated rings. The zero-order valence-electron chi connectivity index (χ0n) is 23.9. The van der Waals surface area contributed by atoms with Gasteiger partial charge in [0, 0.05) is 19.0 Å². The molecule has 5 N–H and O–H groups in total. The summed E-state index contributed by atoms with van der Waals surface area (Å²) in [5.74, 6) is 1.44. The number of carbonyl (C=O) groups is 3. The van der Waals surface area contributed by atoms with Crippen molar-refractivity contribution in [3.8, 4) is 5.75 Å². The zero-order valence-corrected chi connectivity index (χ0v) is 23.9. The molecule has 0 radical (unpaired) electrons. The van der Waals surface area contributed by atoms with E-state index in [0.717, 1.165) is 43.1 Å². The number of phenols is 1. The number of aliphatic carboxylic acids is 1.